The van der Waals surface area contributed by atoms with Crippen molar-refractivity contribution >= 4 is 46.6 Å². The van der Waals surface area contributed by atoms with E-state index < -0.39 is 0 Å². The number of hydrogen-bond donors (Lipinski definition) is 2. The molecule has 3 aromatic carbocycles. The lowest BCUT2D eigenvalue weighted by Gasteiger charge is -2.14. The minimum absolute atomic E-state index is 0.0609. The van der Waals surface area contributed by atoms with Crippen LogP contribution in [0.4, 0.5) is 5.69 Å². The van der Waals surface area contributed by atoms with Crippen molar-refractivity contribution in [1.82, 2.24) is 14.8 Å². The number of rotatable bonds is 6. The number of aromatic nitrogens is 3. The number of phenols is 1. The second-order valence-corrected chi connectivity index (χ2v) is 9.14. The number of carbonyl (C=O) groups is 1. The van der Waals surface area contributed by atoms with Crippen molar-refractivity contribution in [3.63, 3.8) is 0 Å². The molecule has 0 aliphatic heterocycles. The lowest BCUT2D eigenvalue weighted by Crippen LogP contribution is -2.15. The summed E-state index contributed by atoms with van der Waals surface area (Å²) in [7, 11) is 0. The number of nitrogens with one attached hydrogen (secondary N) is 1. The summed E-state index contributed by atoms with van der Waals surface area (Å²) >= 11 is 13.5. The van der Waals surface area contributed by atoms with Crippen LogP contribution in [0.25, 0.3) is 17.1 Å². The van der Waals surface area contributed by atoms with Gasteiger partial charge in [0.15, 0.2) is 11.0 Å². The van der Waals surface area contributed by atoms with E-state index in [1.165, 1.54) is 11.8 Å². The largest absolute Gasteiger partial charge is 0.507 e. The Kier molecular flexibility index (Phi) is 6.93. The Morgan fingerprint density at radius 2 is 1.76 bits per heavy atom. The van der Waals surface area contributed by atoms with Crippen molar-refractivity contribution in [3.8, 4) is 22.8 Å². The van der Waals surface area contributed by atoms with Gasteiger partial charge in [-0.25, -0.2) is 0 Å². The zero-order valence-corrected chi connectivity index (χ0v) is 20.2. The van der Waals surface area contributed by atoms with Crippen molar-refractivity contribution in [2.45, 2.75) is 19.0 Å². The van der Waals surface area contributed by atoms with Crippen molar-refractivity contribution in [3.05, 3.63) is 81.8 Å². The lowest BCUT2D eigenvalue weighted by atomic mass is 10.1. The molecule has 0 saturated carbocycles. The number of nitrogens with zero attached hydrogens (tertiary/aromatic N) is 3. The highest BCUT2D eigenvalue weighted by atomic mass is 35.5. The van der Waals surface area contributed by atoms with E-state index in [1.54, 1.807) is 36.4 Å². The molecule has 33 heavy (non-hydrogen) atoms. The molecule has 0 bridgehead atoms. The first-order chi connectivity index (χ1) is 15.8. The Bertz CT molecular complexity index is 1320. The molecule has 0 unspecified atom stereocenters. The van der Waals surface area contributed by atoms with Crippen LogP contribution in [0.1, 0.15) is 11.1 Å². The van der Waals surface area contributed by atoms with E-state index >= 15 is 0 Å². The van der Waals surface area contributed by atoms with E-state index in [0.717, 1.165) is 16.8 Å². The predicted octanol–water partition coefficient (Wildman–Crippen LogP) is 6.29. The average molecular weight is 499 g/mol. The average Bonchev–Trinajstić information content (AvgIpc) is 3.19. The molecule has 4 aromatic rings. The van der Waals surface area contributed by atoms with Crippen LogP contribution in [-0.2, 0) is 4.79 Å². The summed E-state index contributed by atoms with van der Waals surface area (Å²) in [4.78, 5) is 12.6. The molecule has 1 heterocycles. The van der Waals surface area contributed by atoms with Crippen LogP contribution < -0.4 is 5.32 Å². The smallest absolute Gasteiger partial charge is 0.234 e. The summed E-state index contributed by atoms with van der Waals surface area (Å²) in [6, 6.07) is 18.0. The fourth-order valence-electron chi connectivity index (χ4n) is 3.40. The number of hydrogen-bond acceptors (Lipinski definition) is 5. The second-order valence-electron chi connectivity index (χ2n) is 7.38. The summed E-state index contributed by atoms with van der Waals surface area (Å²) in [5.41, 5.74) is 3.92. The van der Waals surface area contributed by atoms with Crippen molar-refractivity contribution in [1.29, 1.82) is 0 Å². The highest BCUT2D eigenvalue weighted by molar-refractivity contribution is 7.99. The highest BCUT2D eigenvalue weighted by Gasteiger charge is 2.21. The van der Waals surface area contributed by atoms with Gasteiger partial charge in [0.25, 0.3) is 0 Å². The van der Waals surface area contributed by atoms with Crippen molar-refractivity contribution in [2.24, 2.45) is 0 Å². The van der Waals surface area contributed by atoms with Crippen LogP contribution in [0.2, 0.25) is 10.0 Å². The molecule has 2 N–H and O–H groups in total. The van der Waals surface area contributed by atoms with Crippen molar-refractivity contribution in [2.75, 3.05) is 11.1 Å². The number of aryl methyl sites for hydroxylation is 2. The Labute approximate surface area is 205 Å². The number of amides is 1. The van der Waals surface area contributed by atoms with E-state index in [4.69, 9.17) is 23.2 Å². The summed E-state index contributed by atoms with van der Waals surface area (Å²) in [5.74, 6) is 0.357. The van der Waals surface area contributed by atoms with Gasteiger partial charge >= 0.3 is 0 Å². The van der Waals surface area contributed by atoms with Gasteiger partial charge in [-0.3, -0.25) is 9.36 Å². The summed E-state index contributed by atoms with van der Waals surface area (Å²) in [6.45, 7) is 4.02. The molecule has 0 fully saturated rings. The van der Waals surface area contributed by atoms with Crippen LogP contribution in [-0.4, -0.2) is 31.5 Å². The molecule has 0 aliphatic carbocycles. The van der Waals surface area contributed by atoms with Crippen LogP contribution in [0.5, 0.6) is 5.75 Å². The minimum Gasteiger partial charge on any atom is -0.507 e. The molecule has 0 aliphatic rings. The molecule has 0 spiro atoms. The maximum absolute atomic E-state index is 12.6. The number of phenolic OH excluding ortho intramolecular Hbond substituents is 1. The molecular weight excluding hydrogens is 479 g/mol. The summed E-state index contributed by atoms with van der Waals surface area (Å²) in [5, 5.41) is 23.1. The third kappa shape index (κ3) is 5.00. The molecule has 4 rings (SSSR count). The molecule has 9 heteroatoms. The third-order valence-electron chi connectivity index (χ3n) is 4.93. The van der Waals surface area contributed by atoms with E-state index in [9.17, 15) is 9.90 Å². The zero-order valence-electron chi connectivity index (χ0n) is 17.8. The van der Waals surface area contributed by atoms with Gasteiger partial charge in [0, 0.05) is 0 Å². The van der Waals surface area contributed by atoms with Gasteiger partial charge in [0.05, 0.1) is 32.7 Å². The van der Waals surface area contributed by atoms with E-state index in [2.05, 4.69) is 21.6 Å². The number of halogens is 2. The second kappa shape index (κ2) is 9.87. The summed E-state index contributed by atoms with van der Waals surface area (Å²) < 4.78 is 1.85. The number of thioether (sulfide) groups is 1. The quantitative estimate of drug-likeness (QED) is 0.305. The van der Waals surface area contributed by atoms with Gasteiger partial charge < -0.3 is 10.4 Å². The maximum Gasteiger partial charge on any atom is 0.234 e. The fourth-order valence-corrected chi connectivity index (χ4v) is 4.63. The Morgan fingerprint density at radius 1 is 1.03 bits per heavy atom. The first kappa shape index (κ1) is 23.2. The van der Waals surface area contributed by atoms with E-state index in [1.807, 2.05) is 36.6 Å². The lowest BCUT2D eigenvalue weighted by molar-refractivity contribution is -0.113. The number of anilines is 1. The van der Waals surface area contributed by atoms with Crippen LogP contribution in [0.3, 0.4) is 0 Å². The minimum atomic E-state index is -0.283. The normalized spacial score (nSPS) is 10.9. The summed E-state index contributed by atoms with van der Waals surface area (Å²) in [6.07, 6.45) is 0. The Morgan fingerprint density at radius 3 is 2.45 bits per heavy atom. The van der Waals surface area contributed by atoms with Gasteiger partial charge in [0.1, 0.15) is 5.75 Å². The Hall–Kier alpha value is -3.00. The number of carbonyl (C=O) groups excluding carboxylic acids is 1. The molecule has 0 saturated heterocycles. The van der Waals surface area contributed by atoms with Gasteiger partial charge in [-0.05, 0) is 49.7 Å². The predicted molar refractivity (Wildman–Crippen MR) is 134 cm³/mol. The Balaban J connectivity index is 1.67. The van der Waals surface area contributed by atoms with Crippen molar-refractivity contribution < 1.29 is 9.90 Å². The number of aromatic hydroxyl groups is 1. The first-order valence-electron chi connectivity index (χ1n) is 10.0. The third-order valence-corrected chi connectivity index (χ3v) is 6.49. The van der Waals surface area contributed by atoms with E-state index in [0.29, 0.717) is 32.3 Å². The van der Waals surface area contributed by atoms with Crippen LogP contribution in [0, 0.1) is 13.8 Å². The van der Waals surface area contributed by atoms with E-state index in [-0.39, 0.29) is 17.4 Å². The first-order valence-corrected chi connectivity index (χ1v) is 11.8. The molecule has 1 aromatic heterocycles. The topological polar surface area (TPSA) is 80.0 Å². The van der Waals surface area contributed by atoms with Crippen LogP contribution in [0.15, 0.2) is 65.8 Å². The van der Waals surface area contributed by atoms with Gasteiger partial charge in [-0.2, -0.15) is 0 Å². The standard InChI is InChI=1S/C24H20Cl2N4O2S/c1-14-10-11-19(15(2)12-14)30-23(16-6-3-4-9-20(16)31)28-29-24(30)33-13-21(32)27-22-17(25)7-5-8-18(22)26/h3-12,31H,13H2,1-2H3,(H,27,32). The molecule has 0 radical (unpaired) electrons. The molecular formula is C24H20Cl2N4O2S. The monoisotopic (exact) mass is 498 g/mol. The van der Waals surface area contributed by atoms with Crippen LogP contribution >= 0.6 is 35.0 Å². The SMILES string of the molecule is Cc1ccc(-n2c(SCC(=O)Nc3c(Cl)cccc3Cl)nnc2-c2ccccc2O)c(C)c1. The highest BCUT2D eigenvalue weighted by Crippen LogP contribution is 2.34. The number of para-hydroxylation sites is 2. The number of benzene rings is 3. The molecule has 0 atom stereocenters. The fraction of sp³-hybridized carbons (Fsp3) is 0.125. The molecule has 6 nitrogen and oxygen atoms in total. The van der Waals surface area contributed by atoms with Gasteiger partial charge in [0.2, 0.25) is 5.91 Å². The zero-order chi connectivity index (χ0) is 23.5. The molecule has 168 valence electrons. The van der Waals surface area contributed by atoms with Gasteiger partial charge in [-0.1, -0.05) is 70.9 Å². The molecule has 1 amide bonds. The maximum atomic E-state index is 12.6. The van der Waals surface area contributed by atoms with Gasteiger partial charge in [-0.15, -0.1) is 10.2 Å².